The van der Waals surface area contributed by atoms with Gasteiger partial charge in [-0.2, -0.15) is 0 Å². The van der Waals surface area contributed by atoms with Crippen molar-refractivity contribution in [2.75, 3.05) is 0 Å². The lowest BCUT2D eigenvalue weighted by Crippen LogP contribution is -1.99. The second-order valence-corrected chi connectivity index (χ2v) is 4.70. The molecule has 0 saturated heterocycles. The van der Waals surface area contributed by atoms with Gasteiger partial charge in [0.1, 0.15) is 0 Å². The molecule has 1 aromatic carbocycles. The van der Waals surface area contributed by atoms with Crippen molar-refractivity contribution in [3.05, 3.63) is 46.0 Å². The van der Waals surface area contributed by atoms with Crippen LogP contribution in [0, 0.1) is 27.7 Å². The molecule has 0 unspecified atom stereocenters. The molecule has 0 bridgehead atoms. The van der Waals surface area contributed by atoms with E-state index in [1.807, 2.05) is 0 Å². The fourth-order valence-corrected chi connectivity index (χ4v) is 2.01. The van der Waals surface area contributed by atoms with Gasteiger partial charge in [0, 0.05) is 0 Å². The molecule has 0 atom stereocenters. The van der Waals surface area contributed by atoms with Gasteiger partial charge < -0.3 is 0 Å². The summed E-state index contributed by atoms with van der Waals surface area (Å²) < 4.78 is 0. The van der Waals surface area contributed by atoms with Crippen molar-refractivity contribution < 1.29 is 0 Å². The second kappa shape index (κ2) is 4.65. The molecule has 82 valence electrons. The molecule has 0 aliphatic heterocycles. The van der Waals surface area contributed by atoms with Crippen molar-refractivity contribution in [1.29, 1.82) is 0 Å². The Morgan fingerprint density at radius 2 is 1.53 bits per heavy atom. The van der Waals surface area contributed by atoms with Crippen LogP contribution in [0.1, 0.15) is 41.2 Å². The third-order valence-corrected chi connectivity index (χ3v) is 3.32. The van der Waals surface area contributed by atoms with Gasteiger partial charge in [-0.1, -0.05) is 11.6 Å². The van der Waals surface area contributed by atoms with Crippen LogP contribution in [0.25, 0.3) is 0 Å². The van der Waals surface area contributed by atoms with Gasteiger partial charge in [0.25, 0.3) is 0 Å². The summed E-state index contributed by atoms with van der Waals surface area (Å²) >= 11 is 0. The molecule has 0 amide bonds. The first-order chi connectivity index (χ1) is 6.93. The molecular formula is C15H22. The number of hydrogen-bond donors (Lipinski definition) is 0. The van der Waals surface area contributed by atoms with E-state index in [4.69, 9.17) is 0 Å². The summed E-state index contributed by atoms with van der Waals surface area (Å²) in [5.74, 6) is 0. The Balaban J connectivity index is 3.09. The Morgan fingerprint density at radius 1 is 1.07 bits per heavy atom. The maximum absolute atomic E-state index is 3.97. The van der Waals surface area contributed by atoms with Crippen molar-refractivity contribution >= 4 is 0 Å². The summed E-state index contributed by atoms with van der Waals surface area (Å²) in [6.45, 7) is 14.9. The minimum Gasteiger partial charge on any atom is -0.100 e. The quantitative estimate of drug-likeness (QED) is 0.636. The van der Waals surface area contributed by atoms with Gasteiger partial charge in [-0.25, -0.2) is 0 Å². The maximum Gasteiger partial charge on any atom is -0.0236 e. The largest absolute Gasteiger partial charge is 0.100 e. The normalized spacial score (nSPS) is 10.5. The van der Waals surface area contributed by atoms with Crippen LogP contribution in [-0.2, 0) is 6.42 Å². The predicted octanol–water partition coefficient (Wildman–Crippen LogP) is 4.43. The first-order valence-corrected chi connectivity index (χ1v) is 5.64. The van der Waals surface area contributed by atoms with Crippen LogP contribution in [-0.4, -0.2) is 0 Å². The molecular weight excluding hydrogens is 180 g/mol. The van der Waals surface area contributed by atoms with Crippen molar-refractivity contribution in [1.82, 2.24) is 0 Å². The lowest BCUT2D eigenvalue weighted by molar-refractivity contribution is 0.918. The van der Waals surface area contributed by atoms with Crippen molar-refractivity contribution in [3.8, 4) is 0 Å². The molecule has 0 spiro atoms. The molecule has 0 aliphatic carbocycles. The smallest absolute Gasteiger partial charge is 0.0236 e. The molecule has 15 heavy (non-hydrogen) atoms. The summed E-state index contributed by atoms with van der Waals surface area (Å²) in [4.78, 5) is 0. The van der Waals surface area contributed by atoms with Crippen LogP contribution >= 0.6 is 0 Å². The molecule has 0 aromatic heterocycles. The van der Waals surface area contributed by atoms with E-state index in [9.17, 15) is 0 Å². The molecule has 0 fully saturated rings. The van der Waals surface area contributed by atoms with E-state index < -0.39 is 0 Å². The first kappa shape index (κ1) is 12.0. The highest BCUT2D eigenvalue weighted by atomic mass is 14.1. The Labute approximate surface area is 94.0 Å². The van der Waals surface area contributed by atoms with Crippen molar-refractivity contribution in [2.24, 2.45) is 0 Å². The summed E-state index contributed by atoms with van der Waals surface area (Å²) in [7, 11) is 0. The van der Waals surface area contributed by atoms with E-state index in [0.717, 1.165) is 12.8 Å². The van der Waals surface area contributed by atoms with E-state index in [0.29, 0.717) is 0 Å². The lowest BCUT2D eigenvalue weighted by atomic mass is 9.91. The second-order valence-electron chi connectivity index (χ2n) is 4.70. The van der Waals surface area contributed by atoms with Crippen LogP contribution in [0.4, 0.5) is 0 Å². The molecule has 0 saturated carbocycles. The fraction of sp³-hybridized carbons (Fsp3) is 0.467. The highest BCUT2D eigenvalue weighted by molar-refractivity contribution is 5.44. The number of benzene rings is 1. The van der Waals surface area contributed by atoms with Crippen LogP contribution in [0.2, 0.25) is 0 Å². The monoisotopic (exact) mass is 202 g/mol. The summed E-state index contributed by atoms with van der Waals surface area (Å²) in [6.07, 6.45) is 2.24. The van der Waals surface area contributed by atoms with Gasteiger partial charge in [0.15, 0.2) is 0 Å². The van der Waals surface area contributed by atoms with Gasteiger partial charge in [-0.05, 0) is 75.3 Å². The lowest BCUT2D eigenvalue weighted by Gasteiger charge is -2.15. The van der Waals surface area contributed by atoms with Crippen molar-refractivity contribution in [2.45, 2.75) is 47.5 Å². The van der Waals surface area contributed by atoms with Crippen LogP contribution in [0.15, 0.2) is 18.2 Å². The SMILES string of the molecule is C=C(C)CCc1c(C)c(C)cc(C)c1C. The summed E-state index contributed by atoms with van der Waals surface area (Å²) in [6, 6.07) is 2.29. The summed E-state index contributed by atoms with van der Waals surface area (Å²) in [5.41, 5.74) is 8.53. The minimum absolute atomic E-state index is 1.10. The molecule has 0 heterocycles. The third-order valence-electron chi connectivity index (χ3n) is 3.32. The average Bonchev–Trinajstić information content (AvgIpc) is 2.14. The Morgan fingerprint density at radius 3 is 1.93 bits per heavy atom. The summed E-state index contributed by atoms with van der Waals surface area (Å²) in [5, 5.41) is 0. The number of allylic oxidation sites excluding steroid dienone is 1. The van der Waals surface area contributed by atoms with E-state index in [-0.39, 0.29) is 0 Å². The Hall–Kier alpha value is -1.04. The number of rotatable bonds is 3. The highest BCUT2D eigenvalue weighted by Crippen LogP contribution is 2.23. The van der Waals surface area contributed by atoms with Crippen LogP contribution < -0.4 is 0 Å². The number of aryl methyl sites for hydroxylation is 2. The highest BCUT2D eigenvalue weighted by Gasteiger charge is 2.07. The molecule has 0 aliphatic rings. The molecule has 0 N–H and O–H groups in total. The average molecular weight is 202 g/mol. The van der Waals surface area contributed by atoms with Crippen LogP contribution in [0.5, 0.6) is 0 Å². The predicted molar refractivity (Wildman–Crippen MR) is 68.5 cm³/mol. The van der Waals surface area contributed by atoms with Gasteiger partial charge in [0.2, 0.25) is 0 Å². The zero-order valence-corrected chi connectivity index (χ0v) is 10.7. The molecule has 0 radical (unpaired) electrons. The standard InChI is InChI=1S/C15H22/c1-10(2)7-8-15-13(5)11(3)9-12(4)14(15)6/h9H,1,7-8H2,2-6H3. The van der Waals surface area contributed by atoms with E-state index in [1.54, 1.807) is 0 Å². The fourth-order valence-electron chi connectivity index (χ4n) is 2.01. The Kier molecular flexibility index (Phi) is 3.73. The van der Waals surface area contributed by atoms with Crippen molar-refractivity contribution in [3.63, 3.8) is 0 Å². The van der Waals surface area contributed by atoms with Gasteiger partial charge >= 0.3 is 0 Å². The van der Waals surface area contributed by atoms with E-state index in [1.165, 1.54) is 33.4 Å². The van der Waals surface area contributed by atoms with E-state index in [2.05, 4.69) is 47.3 Å². The molecule has 1 aromatic rings. The van der Waals surface area contributed by atoms with Gasteiger partial charge in [-0.3, -0.25) is 0 Å². The van der Waals surface area contributed by atoms with Gasteiger partial charge in [0.05, 0.1) is 0 Å². The van der Waals surface area contributed by atoms with Crippen LogP contribution in [0.3, 0.4) is 0 Å². The zero-order valence-electron chi connectivity index (χ0n) is 10.7. The van der Waals surface area contributed by atoms with Gasteiger partial charge in [-0.15, -0.1) is 6.58 Å². The molecule has 0 nitrogen and oxygen atoms in total. The topological polar surface area (TPSA) is 0 Å². The van der Waals surface area contributed by atoms with E-state index >= 15 is 0 Å². The minimum atomic E-state index is 1.10. The molecule has 0 heteroatoms. The zero-order chi connectivity index (χ0) is 11.6. The molecule has 1 rings (SSSR count). The maximum atomic E-state index is 3.97. The Bertz CT molecular complexity index is 357. The first-order valence-electron chi connectivity index (χ1n) is 5.64. The third kappa shape index (κ3) is 2.71. The number of hydrogen-bond acceptors (Lipinski definition) is 0.